The topological polar surface area (TPSA) is 33.5 Å². The molecule has 2 bridgehead atoms. The number of quaternary nitrogens is 1. The van der Waals surface area contributed by atoms with E-state index in [2.05, 4.69) is 12.2 Å². The minimum Gasteiger partial charge on any atom is -0.348 e. The van der Waals surface area contributed by atoms with E-state index in [1.807, 2.05) is 0 Å². The highest BCUT2D eigenvalue weighted by molar-refractivity contribution is 5.77. The second-order valence-corrected chi connectivity index (χ2v) is 7.18. The van der Waals surface area contributed by atoms with Crippen molar-refractivity contribution in [2.24, 2.45) is 17.8 Å². The van der Waals surface area contributed by atoms with Crippen LogP contribution >= 0.6 is 0 Å². The first-order valence-electron chi connectivity index (χ1n) is 8.35. The molecular weight excluding hydrogens is 236 g/mol. The molecule has 3 heteroatoms. The normalized spacial score (nSPS) is 36.4. The highest BCUT2D eigenvalue weighted by atomic mass is 16.2. The molecule has 2 aliphatic carbocycles. The number of rotatable bonds is 4. The molecule has 1 aliphatic heterocycles. The van der Waals surface area contributed by atoms with Gasteiger partial charge in [0.2, 0.25) is 0 Å². The number of piperidine rings is 1. The Bertz CT molecular complexity index is 325. The third-order valence-electron chi connectivity index (χ3n) is 5.79. The second kappa shape index (κ2) is 5.82. The van der Waals surface area contributed by atoms with E-state index in [-0.39, 0.29) is 5.91 Å². The predicted molar refractivity (Wildman–Crippen MR) is 76.0 cm³/mol. The van der Waals surface area contributed by atoms with Crippen LogP contribution in [0.15, 0.2) is 0 Å². The molecule has 2 N–H and O–H groups in total. The number of carbonyl (C=O) groups excluding carboxylic acids is 1. The molecule has 4 atom stereocenters. The number of hydrogen-bond acceptors (Lipinski definition) is 1. The summed E-state index contributed by atoms with van der Waals surface area (Å²) < 4.78 is 0. The molecule has 3 rings (SSSR count). The summed E-state index contributed by atoms with van der Waals surface area (Å²) in [6.45, 7) is 5.31. The van der Waals surface area contributed by atoms with Gasteiger partial charge in [0.15, 0.2) is 6.54 Å². The SMILES string of the molecule is C[C@@H](NC(=O)C[NH+]1CCCCC1)[C@@H]1C[C@@H]2CC[C@@H]1C2. The Morgan fingerprint density at radius 1 is 1.21 bits per heavy atom. The van der Waals surface area contributed by atoms with Crippen LogP contribution in [0.25, 0.3) is 0 Å². The quantitative estimate of drug-likeness (QED) is 0.781. The van der Waals surface area contributed by atoms with E-state index in [0.717, 1.165) is 17.8 Å². The molecule has 0 spiro atoms. The molecule has 3 nitrogen and oxygen atoms in total. The van der Waals surface area contributed by atoms with Crippen LogP contribution in [0.2, 0.25) is 0 Å². The summed E-state index contributed by atoms with van der Waals surface area (Å²) >= 11 is 0. The predicted octanol–water partition coefficient (Wildman–Crippen LogP) is 0.996. The Labute approximate surface area is 117 Å². The van der Waals surface area contributed by atoms with Crippen molar-refractivity contribution in [1.82, 2.24) is 5.32 Å². The van der Waals surface area contributed by atoms with Crippen LogP contribution in [-0.4, -0.2) is 31.6 Å². The lowest BCUT2D eigenvalue weighted by Gasteiger charge is -2.29. The molecule has 0 aromatic carbocycles. The molecule has 108 valence electrons. The lowest BCUT2D eigenvalue weighted by atomic mass is 9.84. The Balaban J connectivity index is 1.43. The van der Waals surface area contributed by atoms with E-state index in [0.29, 0.717) is 12.6 Å². The summed E-state index contributed by atoms with van der Waals surface area (Å²) in [5.74, 6) is 2.93. The summed E-state index contributed by atoms with van der Waals surface area (Å²) in [4.78, 5) is 13.6. The van der Waals surface area contributed by atoms with Gasteiger partial charge in [-0.2, -0.15) is 0 Å². The van der Waals surface area contributed by atoms with Crippen molar-refractivity contribution in [3.05, 3.63) is 0 Å². The first-order valence-corrected chi connectivity index (χ1v) is 8.35. The molecule has 0 aromatic heterocycles. The van der Waals surface area contributed by atoms with Gasteiger partial charge in [0.25, 0.3) is 5.91 Å². The Morgan fingerprint density at radius 2 is 2.00 bits per heavy atom. The van der Waals surface area contributed by atoms with Gasteiger partial charge in [-0.05, 0) is 63.2 Å². The zero-order chi connectivity index (χ0) is 13.2. The van der Waals surface area contributed by atoms with Gasteiger partial charge in [-0.3, -0.25) is 4.79 Å². The maximum Gasteiger partial charge on any atom is 0.275 e. The molecular formula is C16H29N2O+. The molecule has 1 amide bonds. The van der Waals surface area contributed by atoms with Crippen molar-refractivity contribution in [2.75, 3.05) is 19.6 Å². The van der Waals surface area contributed by atoms with Gasteiger partial charge in [-0.1, -0.05) is 6.42 Å². The Kier molecular flexibility index (Phi) is 4.11. The van der Waals surface area contributed by atoms with E-state index >= 15 is 0 Å². The first-order chi connectivity index (χ1) is 9.22. The van der Waals surface area contributed by atoms with Crippen LogP contribution in [0, 0.1) is 17.8 Å². The van der Waals surface area contributed by atoms with E-state index in [1.54, 1.807) is 0 Å². The number of nitrogens with one attached hydrogen (secondary N) is 2. The van der Waals surface area contributed by atoms with Crippen LogP contribution < -0.4 is 10.2 Å². The molecule has 0 unspecified atom stereocenters. The highest BCUT2D eigenvalue weighted by Crippen LogP contribution is 2.49. The largest absolute Gasteiger partial charge is 0.348 e. The van der Waals surface area contributed by atoms with Gasteiger partial charge < -0.3 is 10.2 Å². The third kappa shape index (κ3) is 3.13. The van der Waals surface area contributed by atoms with E-state index < -0.39 is 0 Å². The summed E-state index contributed by atoms with van der Waals surface area (Å²) in [5.41, 5.74) is 0. The summed E-state index contributed by atoms with van der Waals surface area (Å²) in [6, 6.07) is 0.395. The zero-order valence-electron chi connectivity index (χ0n) is 12.3. The Hall–Kier alpha value is -0.570. The van der Waals surface area contributed by atoms with Gasteiger partial charge in [-0.25, -0.2) is 0 Å². The molecule has 1 saturated heterocycles. The number of carbonyl (C=O) groups is 1. The van der Waals surface area contributed by atoms with Gasteiger partial charge in [-0.15, -0.1) is 0 Å². The first kappa shape index (κ1) is 13.4. The van der Waals surface area contributed by atoms with Crippen LogP contribution in [0.1, 0.15) is 51.9 Å². The van der Waals surface area contributed by atoms with Gasteiger partial charge in [0.05, 0.1) is 13.1 Å². The third-order valence-corrected chi connectivity index (χ3v) is 5.79. The molecule has 3 fully saturated rings. The molecule has 1 heterocycles. The van der Waals surface area contributed by atoms with Crippen LogP contribution in [0.3, 0.4) is 0 Å². The van der Waals surface area contributed by atoms with Crippen LogP contribution in [0.4, 0.5) is 0 Å². The van der Waals surface area contributed by atoms with Gasteiger partial charge in [0, 0.05) is 6.04 Å². The van der Waals surface area contributed by atoms with E-state index in [9.17, 15) is 4.79 Å². The second-order valence-electron chi connectivity index (χ2n) is 7.18. The number of likely N-dealkylation sites (tertiary alicyclic amines) is 1. The van der Waals surface area contributed by atoms with Crippen molar-refractivity contribution in [3.63, 3.8) is 0 Å². The van der Waals surface area contributed by atoms with Gasteiger partial charge in [0.1, 0.15) is 0 Å². The van der Waals surface area contributed by atoms with Crippen molar-refractivity contribution < 1.29 is 9.69 Å². The molecule has 3 aliphatic rings. The summed E-state index contributed by atoms with van der Waals surface area (Å²) in [6.07, 6.45) is 9.60. The van der Waals surface area contributed by atoms with Crippen LogP contribution in [0.5, 0.6) is 0 Å². The fraction of sp³-hybridized carbons (Fsp3) is 0.938. The summed E-state index contributed by atoms with van der Waals surface area (Å²) in [5, 5.41) is 3.29. The lowest BCUT2D eigenvalue weighted by molar-refractivity contribution is -0.896. The van der Waals surface area contributed by atoms with E-state index in [4.69, 9.17) is 0 Å². The number of hydrogen-bond donors (Lipinski definition) is 2. The maximum atomic E-state index is 12.2. The molecule has 0 radical (unpaired) electrons. The van der Waals surface area contributed by atoms with Gasteiger partial charge >= 0.3 is 0 Å². The molecule has 2 saturated carbocycles. The van der Waals surface area contributed by atoms with E-state index in [1.165, 1.54) is 62.9 Å². The fourth-order valence-electron chi connectivity index (χ4n) is 4.77. The average molecular weight is 265 g/mol. The van der Waals surface area contributed by atoms with Crippen molar-refractivity contribution in [3.8, 4) is 0 Å². The lowest BCUT2D eigenvalue weighted by Crippen LogP contribution is -3.14. The van der Waals surface area contributed by atoms with Crippen molar-refractivity contribution in [2.45, 2.75) is 57.9 Å². The standard InChI is InChI=1S/C16H28N2O/c1-12(15-10-13-5-6-14(15)9-13)17-16(19)11-18-7-3-2-4-8-18/h12-15H,2-11H2,1H3,(H,17,19)/p+1/t12-,13-,14-,15+/m1/s1. The highest BCUT2D eigenvalue weighted by Gasteiger charge is 2.42. The molecule has 19 heavy (non-hydrogen) atoms. The minimum atomic E-state index is 0.284. The molecule has 0 aromatic rings. The van der Waals surface area contributed by atoms with Crippen molar-refractivity contribution in [1.29, 1.82) is 0 Å². The zero-order valence-corrected chi connectivity index (χ0v) is 12.3. The number of fused-ring (bicyclic) bond motifs is 2. The van der Waals surface area contributed by atoms with Crippen LogP contribution in [-0.2, 0) is 4.79 Å². The monoisotopic (exact) mass is 265 g/mol. The number of amides is 1. The smallest absolute Gasteiger partial charge is 0.275 e. The minimum absolute atomic E-state index is 0.284. The average Bonchev–Trinajstić information content (AvgIpc) is 3.02. The fourth-order valence-corrected chi connectivity index (χ4v) is 4.77. The summed E-state index contributed by atoms with van der Waals surface area (Å²) in [7, 11) is 0. The van der Waals surface area contributed by atoms with Crippen molar-refractivity contribution >= 4 is 5.91 Å². The Morgan fingerprint density at radius 3 is 2.63 bits per heavy atom. The maximum absolute atomic E-state index is 12.2.